The zero-order valence-corrected chi connectivity index (χ0v) is 12.5. The predicted octanol–water partition coefficient (Wildman–Crippen LogP) is 4.40. The van der Waals surface area contributed by atoms with E-state index in [9.17, 15) is 0 Å². The number of hydrogen-bond donors (Lipinski definition) is 0. The van der Waals surface area contributed by atoms with Gasteiger partial charge in [-0.05, 0) is 5.39 Å². The first-order valence-corrected chi connectivity index (χ1v) is 6.37. The molecule has 0 saturated heterocycles. The first-order chi connectivity index (χ1) is 8.45. The normalized spacial score (nSPS) is 10.9. The Morgan fingerprint density at radius 1 is 0.944 bits per heavy atom. The number of benzene rings is 3. The maximum Gasteiger partial charge on any atom is 0.0683 e. The third-order valence-electron chi connectivity index (χ3n) is 3.12. The standard InChI is InChI=1S/C15H8NS.Ir/c1-3-7-12-10(5-1)11-6-2-4-8-13(11)15-14(12)16-9-17-15;/h1-6,8-9H;/q-1;. The molecule has 0 atom stereocenters. The summed E-state index contributed by atoms with van der Waals surface area (Å²) in [4.78, 5) is 4.48. The molecule has 1 radical (unpaired) electrons. The SMILES string of the molecule is [Ir].[c-]1cccc2c1c1ncsc1c1ccccc21. The van der Waals surface area contributed by atoms with Gasteiger partial charge in [-0.25, -0.2) is 0 Å². The summed E-state index contributed by atoms with van der Waals surface area (Å²) in [5.74, 6) is 0. The summed E-state index contributed by atoms with van der Waals surface area (Å²) in [6.45, 7) is 0. The van der Waals surface area contributed by atoms with Crippen LogP contribution in [-0.2, 0) is 20.1 Å². The molecule has 0 spiro atoms. The van der Waals surface area contributed by atoms with E-state index >= 15 is 0 Å². The van der Waals surface area contributed by atoms with Crippen LogP contribution in [0.5, 0.6) is 0 Å². The first kappa shape index (κ1) is 11.8. The minimum atomic E-state index is 0. The van der Waals surface area contributed by atoms with Crippen molar-refractivity contribution in [1.82, 2.24) is 4.98 Å². The molecule has 0 N–H and O–H groups in total. The van der Waals surface area contributed by atoms with Crippen LogP contribution in [0, 0.1) is 6.07 Å². The number of hydrogen-bond acceptors (Lipinski definition) is 2. The molecule has 0 unspecified atom stereocenters. The Morgan fingerprint density at radius 2 is 1.72 bits per heavy atom. The van der Waals surface area contributed by atoms with Gasteiger partial charge in [-0.1, -0.05) is 35.0 Å². The molecule has 0 aliphatic heterocycles. The molecule has 4 rings (SSSR count). The van der Waals surface area contributed by atoms with Crippen LogP contribution in [0.15, 0.2) is 48.0 Å². The monoisotopic (exact) mass is 427 g/mol. The van der Waals surface area contributed by atoms with Gasteiger partial charge in [0.2, 0.25) is 0 Å². The van der Waals surface area contributed by atoms with E-state index in [0.29, 0.717) is 0 Å². The van der Waals surface area contributed by atoms with E-state index in [0.717, 1.165) is 10.9 Å². The van der Waals surface area contributed by atoms with Gasteiger partial charge in [0.25, 0.3) is 0 Å². The molecule has 1 nitrogen and oxygen atoms in total. The van der Waals surface area contributed by atoms with Gasteiger partial charge in [-0.15, -0.1) is 41.0 Å². The molecule has 0 fully saturated rings. The average molecular weight is 427 g/mol. The molecule has 0 aliphatic carbocycles. The zero-order chi connectivity index (χ0) is 11.2. The molecular formula is C15H8IrNS-. The second kappa shape index (κ2) is 4.43. The van der Waals surface area contributed by atoms with Crippen LogP contribution in [0.4, 0.5) is 0 Å². The quantitative estimate of drug-likeness (QED) is 0.300. The van der Waals surface area contributed by atoms with Crippen molar-refractivity contribution in [2.75, 3.05) is 0 Å². The Labute approximate surface area is 122 Å². The van der Waals surface area contributed by atoms with Crippen molar-refractivity contribution >= 4 is 43.1 Å². The molecule has 3 aromatic carbocycles. The maximum atomic E-state index is 4.48. The Balaban J connectivity index is 0.000001000. The summed E-state index contributed by atoms with van der Waals surface area (Å²) in [6, 6.07) is 18.0. The van der Waals surface area contributed by atoms with Gasteiger partial charge in [0.15, 0.2) is 0 Å². The van der Waals surface area contributed by atoms with Gasteiger partial charge >= 0.3 is 0 Å². The largest absolute Gasteiger partial charge is 0.293 e. The summed E-state index contributed by atoms with van der Waals surface area (Å²) >= 11 is 1.70. The van der Waals surface area contributed by atoms with Gasteiger partial charge in [-0.2, -0.15) is 0 Å². The number of aromatic nitrogens is 1. The topological polar surface area (TPSA) is 12.9 Å². The summed E-state index contributed by atoms with van der Waals surface area (Å²) < 4.78 is 1.26. The van der Waals surface area contributed by atoms with Crippen LogP contribution in [0.1, 0.15) is 0 Å². The van der Waals surface area contributed by atoms with E-state index in [4.69, 9.17) is 0 Å². The molecule has 1 aromatic heterocycles. The molecule has 0 amide bonds. The molecule has 3 heteroatoms. The molecule has 18 heavy (non-hydrogen) atoms. The van der Waals surface area contributed by atoms with Crippen molar-refractivity contribution in [3.63, 3.8) is 0 Å². The van der Waals surface area contributed by atoms with E-state index in [1.54, 1.807) is 11.3 Å². The Kier molecular flexibility index (Phi) is 2.90. The van der Waals surface area contributed by atoms with Crippen molar-refractivity contribution < 1.29 is 20.1 Å². The van der Waals surface area contributed by atoms with Gasteiger partial charge in [0.05, 0.1) is 5.51 Å². The van der Waals surface area contributed by atoms with Crippen LogP contribution in [0.2, 0.25) is 0 Å². The van der Waals surface area contributed by atoms with Crippen LogP contribution in [-0.4, -0.2) is 4.98 Å². The van der Waals surface area contributed by atoms with Crippen LogP contribution in [0.25, 0.3) is 31.8 Å². The van der Waals surface area contributed by atoms with Gasteiger partial charge in [0.1, 0.15) is 0 Å². The summed E-state index contributed by atoms with van der Waals surface area (Å²) in [5, 5.41) is 4.94. The zero-order valence-electron chi connectivity index (χ0n) is 9.31. The second-order valence-corrected chi connectivity index (χ2v) is 4.89. The fourth-order valence-electron chi connectivity index (χ4n) is 2.39. The number of fused-ring (bicyclic) bond motifs is 6. The van der Waals surface area contributed by atoms with Crippen LogP contribution < -0.4 is 0 Å². The van der Waals surface area contributed by atoms with E-state index in [2.05, 4.69) is 41.4 Å². The van der Waals surface area contributed by atoms with Gasteiger partial charge in [0, 0.05) is 30.3 Å². The Morgan fingerprint density at radius 3 is 2.61 bits per heavy atom. The van der Waals surface area contributed by atoms with E-state index in [1.807, 2.05) is 17.6 Å². The maximum absolute atomic E-state index is 4.48. The van der Waals surface area contributed by atoms with Crippen molar-refractivity contribution in [3.05, 3.63) is 54.0 Å². The predicted molar refractivity (Wildman–Crippen MR) is 73.5 cm³/mol. The van der Waals surface area contributed by atoms with Crippen molar-refractivity contribution in [2.45, 2.75) is 0 Å². The van der Waals surface area contributed by atoms with Crippen LogP contribution in [0.3, 0.4) is 0 Å². The Bertz CT molecular complexity index is 781. The molecular weight excluding hydrogens is 418 g/mol. The van der Waals surface area contributed by atoms with E-state index in [1.165, 1.54) is 20.9 Å². The molecule has 4 aromatic rings. The molecule has 1 heterocycles. The third-order valence-corrected chi connectivity index (χ3v) is 3.98. The van der Waals surface area contributed by atoms with E-state index < -0.39 is 0 Å². The minimum absolute atomic E-state index is 0. The van der Waals surface area contributed by atoms with Gasteiger partial charge in [-0.3, -0.25) is 4.98 Å². The number of nitrogens with zero attached hydrogens (tertiary/aromatic N) is 1. The molecule has 0 saturated carbocycles. The molecule has 89 valence electrons. The number of thiazole rings is 1. The van der Waals surface area contributed by atoms with Gasteiger partial charge < -0.3 is 0 Å². The van der Waals surface area contributed by atoms with Crippen molar-refractivity contribution in [3.8, 4) is 0 Å². The minimum Gasteiger partial charge on any atom is -0.293 e. The third kappa shape index (κ3) is 1.52. The second-order valence-electron chi connectivity index (χ2n) is 4.03. The smallest absolute Gasteiger partial charge is 0.0683 e. The summed E-state index contributed by atoms with van der Waals surface area (Å²) in [7, 11) is 0. The fourth-order valence-corrected chi connectivity index (χ4v) is 3.22. The summed E-state index contributed by atoms with van der Waals surface area (Å²) in [5.41, 5.74) is 2.99. The first-order valence-electron chi connectivity index (χ1n) is 5.49. The number of rotatable bonds is 0. The fraction of sp³-hybridized carbons (Fsp3) is 0. The molecule has 0 bridgehead atoms. The average Bonchev–Trinajstić information content (AvgIpc) is 2.89. The Hall–Kier alpha value is -1.28. The van der Waals surface area contributed by atoms with Crippen molar-refractivity contribution in [1.29, 1.82) is 0 Å². The summed E-state index contributed by atoms with van der Waals surface area (Å²) in [6.07, 6.45) is 0. The molecule has 0 aliphatic rings. The van der Waals surface area contributed by atoms with E-state index in [-0.39, 0.29) is 20.1 Å². The van der Waals surface area contributed by atoms with Crippen LogP contribution >= 0.6 is 11.3 Å². The van der Waals surface area contributed by atoms with Crippen molar-refractivity contribution in [2.24, 2.45) is 0 Å².